The van der Waals surface area contributed by atoms with Crippen LogP contribution < -0.4 is 15.6 Å². The maximum atomic E-state index is 11.8. The van der Waals surface area contributed by atoms with E-state index in [9.17, 15) is 4.79 Å². The summed E-state index contributed by atoms with van der Waals surface area (Å²) in [6, 6.07) is 8.57. The van der Waals surface area contributed by atoms with Crippen LogP contribution >= 0.6 is 0 Å². The Balaban J connectivity index is 1.92. The summed E-state index contributed by atoms with van der Waals surface area (Å²) in [6.45, 7) is 2.50. The van der Waals surface area contributed by atoms with Gasteiger partial charge in [-0.2, -0.15) is 0 Å². The smallest absolute Gasteiger partial charge is 0.269 e. The first-order valence-electron chi connectivity index (χ1n) is 5.86. The van der Waals surface area contributed by atoms with Gasteiger partial charge in [-0.1, -0.05) is 0 Å². The van der Waals surface area contributed by atoms with Crippen molar-refractivity contribution in [3.8, 4) is 5.75 Å². The minimum absolute atomic E-state index is 0.268. The maximum absolute atomic E-state index is 11.8. The van der Waals surface area contributed by atoms with Gasteiger partial charge in [-0.25, -0.2) is 9.97 Å². The van der Waals surface area contributed by atoms with Crippen molar-refractivity contribution in [1.29, 1.82) is 0 Å². The molecule has 0 unspecified atom stereocenters. The average molecular weight is 258 g/mol. The molecule has 0 aliphatic rings. The summed E-state index contributed by atoms with van der Waals surface area (Å²) in [5.74, 6) is 0.802. The molecule has 0 aliphatic heterocycles. The summed E-state index contributed by atoms with van der Waals surface area (Å²) in [7, 11) is 0. The molecular formula is C13H14N4O2. The molecule has 1 aromatic carbocycles. The molecule has 2 rings (SSSR count). The Morgan fingerprint density at radius 3 is 2.53 bits per heavy atom. The van der Waals surface area contributed by atoms with Crippen LogP contribution in [0.2, 0.25) is 0 Å². The molecule has 98 valence electrons. The van der Waals surface area contributed by atoms with Crippen molar-refractivity contribution >= 4 is 11.9 Å². The molecule has 0 radical (unpaired) electrons. The highest BCUT2D eigenvalue weighted by atomic mass is 16.5. The third-order valence-electron chi connectivity index (χ3n) is 2.28. The monoisotopic (exact) mass is 258 g/mol. The predicted octanol–water partition coefficient (Wildman–Crippen LogP) is 1.63. The van der Waals surface area contributed by atoms with Crippen molar-refractivity contribution in [3.05, 3.63) is 48.3 Å². The van der Waals surface area contributed by atoms with Crippen LogP contribution in [0.3, 0.4) is 0 Å². The number of hydrazine groups is 1. The van der Waals surface area contributed by atoms with Crippen LogP contribution in [0.15, 0.2) is 42.7 Å². The van der Waals surface area contributed by atoms with Crippen molar-refractivity contribution < 1.29 is 9.53 Å². The third-order valence-corrected chi connectivity index (χ3v) is 2.28. The molecule has 1 aromatic heterocycles. The van der Waals surface area contributed by atoms with Crippen LogP contribution in [0.5, 0.6) is 5.75 Å². The van der Waals surface area contributed by atoms with Crippen molar-refractivity contribution in [2.75, 3.05) is 12.0 Å². The number of hydrogen-bond acceptors (Lipinski definition) is 5. The molecule has 0 atom stereocenters. The molecule has 1 heterocycles. The lowest BCUT2D eigenvalue weighted by atomic mass is 10.2. The maximum Gasteiger partial charge on any atom is 0.269 e. The summed E-state index contributed by atoms with van der Waals surface area (Å²) < 4.78 is 5.30. The Hall–Kier alpha value is -2.63. The standard InChI is InChI=1S/C13H14N4O2/c1-2-19-11-6-4-10(5-7-11)12(18)16-17-13-14-8-3-9-15-13/h3-9H,2H2,1H3,(H,16,18)(H,14,15,17). The van der Waals surface area contributed by atoms with Crippen molar-refractivity contribution in [3.63, 3.8) is 0 Å². The van der Waals surface area contributed by atoms with Crippen LogP contribution in [0.1, 0.15) is 17.3 Å². The van der Waals surface area contributed by atoms with E-state index in [0.717, 1.165) is 5.75 Å². The second-order valence-corrected chi connectivity index (χ2v) is 3.61. The van der Waals surface area contributed by atoms with Crippen molar-refractivity contribution in [1.82, 2.24) is 15.4 Å². The number of carbonyl (C=O) groups is 1. The molecule has 19 heavy (non-hydrogen) atoms. The molecule has 0 fully saturated rings. The number of rotatable bonds is 5. The summed E-state index contributed by atoms with van der Waals surface area (Å²) in [5, 5.41) is 0. The normalized spacial score (nSPS) is 9.74. The third kappa shape index (κ3) is 3.67. The number of nitrogens with one attached hydrogen (secondary N) is 2. The zero-order valence-corrected chi connectivity index (χ0v) is 10.5. The van der Waals surface area contributed by atoms with Gasteiger partial charge in [-0.05, 0) is 37.3 Å². The summed E-state index contributed by atoms with van der Waals surface area (Å²) in [6.07, 6.45) is 3.16. The van der Waals surface area contributed by atoms with Gasteiger partial charge in [0.2, 0.25) is 5.95 Å². The number of ether oxygens (including phenoxy) is 1. The number of nitrogens with zero attached hydrogens (tertiary/aromatic N) is 2. The molecule has 6 nitrogen and oxygen atoms in total. The number of carbonyl (C=O) groups excluding carboxylic acids is 1. The molecule has 0 bridgehead atoms. The van der Waals surface area contributed by atoms with Crippen molar-refractivity contribution in [2.24, 2.45) is 0 Å². The fourth-order valence-electron chi connectivity index (χ4n) is 1.42. The van der Waals surface area contributed by atoms with Crippen molar-refractivity contribution in [2.45, 2.75) is 6.92 Å². The Morgan fingerprint density at radius 1 is 1.21 bits per heavy atom. The van der Waals surface area contributed by atoms with Crippen LogP contribution in [-0.2, 0) is 0 Å². The van der Waals surface area contributed by atoms with Gasteiger partial charge in [0.1, 0.15) is 5.75 Å². The Bertz CT molecular complexity index is 528. The van der Waals surface area contributed by atoms with Gasteiger partial charge in [-0.15, -0.1) is 0 Å². The summed E-state index contributed by atoms with van der Waals surface area (Å²) >= 11 is 0. The predicted molar refractivity (Wildman–Crippen MR) is 70.7 cm³/mol. The van der Waals surface area contributed by atoms with Crippen LogP contribution in [0.4, 0.5) is 5.95 Å². The van der Waals surface area contributed by atoms with E-state index in [4.69, 9.17) is 4.74 Å². The van der Waals surface area contributed by atoms with E-state index in [1.54, 1.807) is 42.7 Å². The SMILES string of the molecule is CCOc1ccc(C(=O)NNc2ncccn2)cc1. The van der Waals surface area contributed by atoms with E-state index >= 15 is 0 Å². The highest BCUT2D eigenvalue weighted by molar-refractivity contribution is 5.94. The minimum Gasteiger partial charge on any atom is -0.494 e. The van der Waals surface area contributed by atoms with Gasteiger partial charge in [0.15, 0.2) is 0 Å². The summed E-state index contributed by atoms with van der Waals surface area (Å²) in [4.78, 5) is 19.7. The van der Waals surface area contributed by atoms with Gasteiger partial charge in [0.05, 0.1) is 6.61 Å². The first-order valence-corrected chi connectivity index (χ1v) is 5.86. The molecule has 6 heteroatoms. The zero-order valence-electron chi connectivity index (χ0n) is 10.5. The Morgan fingerprint density at radius 2 is 1.89 bits per heavy atom. The van der Waals surface area contributed by atoms with E-state index < -0.39 is 0 Å². The second-order valence-electron chi connectivity index (χ2n) is 3.61. The number of aromatic nitrogens is 2. The molecule has 0 aliphatic carbocycles. The highest BCUT2D eigenvalue weighted by Gasteiger charge is 2.05. The van der Waals surface area contributed by atoms with Gasteiger partial charge in [0.25, 0.3) is 5.91 Å². The highest BCUT2D eigenvalue weighted by Crippen LogP contribution is 2.11. The molecule has 0 saturated carbocycles. The van der Waals surface area contributed by atoms with Crippen LogP contribution in [0, 0.1) is 0 Å². The summed E-state index contributed by atoms with van der Waals surface area (Å²) in [5.41, 5.74) is 5.66. The Labute approximate surface area is 110 Å². The van der Waals surface area contributed by atoms with Gasteiger partial charge in [0, 0.05) is 18.0 Å². The molecule has 0 spiro atoms. The lowest BCUT2D eigenvalue weighted by Gasteiger charge is -2.07. The first-order chi connectivity index (χ1) is 9.29. The minimum atomic E-state index is -0.268. The van der Waals surface area contributed by atoms with E-state index in [1.807, 2.05) is 6.92 Å². The van der Waals surface area contributed by atoms with E-state index in [0.29, 0.717) is 18.1 Å². The number of amides is 1. The molecule has 2 N–H and O–H groups in total. The average Bonchev–Trinajstić information content (AvgIpc) is 2.47. The van der Waals surface area contributed by atoms with E-state index in [2.05, 4.69) is 20.8 Å². The fourth-order valence-corrected chi connectivity index (χ4v) is 1.42. The lowest BCUT2D eigenvalue weighted by Crippen LogP contribution is -2.30. The van der Waals surface area contributed by atoms with E-state index in [1.165, 1.54) is 0 Å². The largest absolute Gasteiger partial charge is 0.494 e. The second kappa shape index (κ2) is 6.34. The van der Waals surface area contributed by atoms with Gasteiger partial charge in [-0.3, -0.25) is 15.6 Å². The molecule has 0 saturated heterocycles. The fraction of sp³-hybridized carbons (Fsp3) is 0.154. The first kappa shape index (κ1) is 12.8. The Kier molecular flexibility index (Phi) is 4.28. The molecule has 2 aromatic rings. The molecule has 1 amide bonds. The number of hydrogen-bond donors (Lipinski definition) is 2. The number of benzene rings is 1. The topological polar surface area (TPSA) is 76.1 Å². The van der Waals surface area contributed by atoms with Gasteiger partial charge < -0.3 is 4.74 Å². The zero-order chi connectivity index (χ0) is 13.5. The van der Waals surface area contributed by atoms with Gasteiger partial charge >= 0.3 is 0 Å². The quantitative estimate of drug-likeness (QED) is 0.797. The molecular weight excluding hydrogens is 244 g/mol. The van der Waals surface area contributed by atoms with Crippen LogP contribution in [0.25, 0.3) is 0 Å². The number of anilines is 1. The van der Waals surface area contributed by atoms with Crippen LogP contribution in [-0.4, -0.2) is 22.5 Å². The lowest BCUT2D eigenvalue weighted by molar-refractivity contribution is 0.0962. The van der Waals surface area contributed by atoms with E-state index in [-0.39, 0.29) is 5.91 Å².